The number of hydrogen-bond acceptors (Lipinski definition) is 6. The molecule has 0 unspecified atom stereocenters. The molecule has 2 aliphatic rings. The number of carbonyl (C=O) groups excluding carboxylic acids is 1. The van der Waals surface area contributed by atoms with E-state index < -0.39 is 0 Å². The van der Waals surface area contributed by atoms with E-state index in [2.05, 4.69) is 37.0 Å². The summed E-state index contributed by atoms with van der Waals surface area (Å²) >= 11 is 0. The quantitative estimate of drug-likeness (QED) is 0.831. The predicted molar refractivity (Wildman–Crippen MR) is 116 cm³/mol. The fourth-order valence-electron chi connectivity index (χ4n) is 3.73. The van der Waals surface area contributed by atoms with Crippen LogP contribution in [0.4, 0.5) is 26.5 Å². The first-order valence-corrected chi connectivity index (χ1v) is 10.3. The molecule has 0 bridgehead atoms. The summed E-state index contributed by atoms with van der Waals surface area (Å²) in [7, 11) is 2.13. The van der Waals surface area contributed by atoms with Crippen LogP contribution in [0.1, 0.15) is 5.56 Å². The molecular weight excluding hydrogens is 385 g/mol. The maximum Gasteiger partial charge on any atom is 0.321 e. The predicted octanol–water partition coefficient (Wildman–Crippen LogP) is 2.03. The van der Waals surface area contributed by atoms with Crippen LogP contribution < -0.4 is 15.1 Å². The highest BCUT2D eigenvalue weighted by Gasteiger charge is 2.23. The maximum absolute atomic E-state index is 13.7. The zero-order valence-corrected chi connectivity index (χ0v) is 17.5. The van der Waals surface area contributed by atoms with Crippen LogP contribution in [0, 0.1) is 12.7 Å². The molecule has 2 aromatic rings. The van der Waals surface area contributed by atoms with Gasteiger partial charge in [0.1, 0.15) is 23.8 Å². The number of likely N-dealkylation sites (N-methyl/N-ethyl adjacent to an activating group) is 1. The number of rotatable bonds is 3. The van der Waals surface area contributed by atoms with E-state index in [1.807, 2.05) is 6.07 Å². The van der Waals surface area contributed by atoms with Crippen LogP contribution in [0.15, 0.2) is 30.6 Å². The molecule has 1 aromatic carbocycles. The van der Waals surface area contributed by atoms with E-state index in [0.29, 0.717) is 37.4 Å². The Morgan fingerprint density at radius 2 is 1.53 bits per heavy atom. The lowest BCUT2D eigenvalue weighted by atomic mass is 10.2. The third kappa shape index (κ3) is 4.62. The molecule has 160 valence electrons. The second kappa shape index (κ2) is 8.83. The minimum absolute atomic E-state index is 0.210. The van der Waals surface area contributed by atoms with Gasteiger partial charge in [0.15, 0.2) is 0 Å². The Hall–Kier alpha value is -2.94. The number of aryl methyl sites for hydroxylation is 1. The van der Waals surface area contributed by atoms with E-state index in [1.54, 1.807) is 30.3 Å². The van der Waals surface area contributed by atoms with Gasteiger partial charge in [-0.2, -0.15) is 0 Å². The molecule has 3 heterocycles. The van der Waals surface area contributed by atoms with Gasteiger partial charge in [-0.25, -0.2) is 19.2 Å². The number of nitrogens with one attached hydrogen (secondary N) is 1. The number of carbonyl (C=O) groups is 1. The number of urea groups is 1. The zero-order chi connectivity index (χ0) is 21.1. The number of piperazine rings is 2. The Morgan fingerprint density at radius 3 is 2.13 bits per heavy atom. The Balaban J connectivity index is 1.33. The fraction of sp³-hybridized carbons (Fsp3) is 0.476. The molecule has 0 atom stereocenters. The molecule has 2 aliphatic heterocycles. The number of benzene rings is 1. The van der Waals surface area contributed by atoms with Crippen LogP contribution in [0.2, 0.25) is 0 Å². The largest absolute Gasteiger partial charge is 0.354 e. The summed E-state index contributed by atoms with van der Waals surface area (Å²) in [6.07, 6.45) is 1.62. The Kier molecular flexibility index (Phi) is 5.98. The minimum atomic E-state index is -0.322. The molecule has 9 heteroatoms. The van der Waals surface area contributed by atoms with Crippen molar-refractivity contribution in [3.05, 3.63) is 42.0 Å². The summed E-state index contributed by atoms with van der Waals surface area (Å²) in [4.78, 5) is 30.0. The summed E-state index contributed by atoms with van der Waals surface area (Å²) in [5, 5.41) is 2.78. The van der Waals surface area contributed by atoms with Gasteiger partial charge in [-0.1, -0.05) is 6.07 Å². The molecule has 2 saturated heterocycles. The van der Waals surface area contributed by atoms with Gasteiger partial charge in [0.25, 0.3) is 0 Å². The number of nitrogens with zero attached hydrogens (tertiary/aromatic N) is 6. The second-order valence-electron chi connectivity index (χ2n) is 7.89. The van der Waals surface area contributed by atoms with E-state index >= 15 is 0 Å². The number of hydrogen-bond donors (Lipinski definition) is 1. The van der Waals surface area contributed by atoms with E-state index in [1.165, 1.54) is 6.07 Å². The summed E-state index contributed by atoms with van der Waals surface area (Å²) in [6, 6.07) is 6.56. The second-order valence-corrected chi connectivity index (χ2v) is 7.89. The highest BCUT2D eigenvalue weighted by molar-refractivity contribution is 5.89. The minimum Gasteiger partial charge on any atom is -0.354 e. The Bertz CT molecular complexity index is 893. The third-order valence-corrected chi connectivity index (χ3v) is 5.78. The van der Waals surface area contributed by atoms with Crippen molar-refractivity contribution in [3.8, 4) is 0 Å². The van der Waals surface area contributed by atoms with Gasteiger partial charge in [-0.15, -0.1) is 0 Å². The summed E-state index contributed by atoms with van der Waals surface area (Å²) in [6.45, 7) is 8.20. The van der Waals surface area contributed by atoms with Gasteiger partial charge in [-0.05, 0) is 31.7 Å². The molecule has 0 radical (unpaired) electrons. The van der Waals surface area contributed by atoms with Crippen LogP contribution in [0.25, 0.3) is 0 Å². The highest BCUT2D eigenvalue weighted by atomic mass is 19.1. The van der Waals surface area contributed by atoms with Gasteiger partial charge < -0.3 is 24.9 Å². The molecule has 4 rings (SSSR count). The summed E-state index contributed by atoms with van der Waals surface area (Å²) in [5.74, 6) is 1.52. The van der Waals surface area contributed by atoms with Gasteiger partial charge in [-0.3, -0.25) is 0 Å². The number of aromatic nitrogens is 2. The molecule has 2 amide bonds. The smallest absolute Gasteiger partial charge is 0.321 e. The average Bonchev–Trinajstić information content (AvgIpc) is 2.77. The first-order chi connectivity index (χ1) is 14.5. The van der Waals surface area contributed by atoms with E-state index in [4.69, 9.17) is 0 Å². The van der Waals surface area contributed by atoms with Gasteiger partial charge in [0, 0.05) is 64.1 Å². The van der Waals surface area contributed by atoms with Gasteiger partial charge >= 0.3 is 6.03 Å². The molecule has 8 nitrogen and oxygen atoms in total. The van der Waals surface area contributed by atoms with E-state index in [0.717, 1.165) is 37.8 Å². The lowest BCUT2D eigenvalue weighted by Gasteiger charge is -2.36. The molecule has 0 aliphatic carbocycles. The monoisotopic (exact) mass is 413 g/mol. The lowest BCUT2D eigenvalue weighted by molar-refractivity contribution is 0.208. The number of halogens is 1. The molecule has 0 spiro atoms. The van der Waals surface area contributed by atoms with Crippen molar-refractivity contribution >= 4 is 23.4 Å². The van der Waals surface area contributed by atoms with Crippen molar-refractivity contribution < 1.29 is 9.18 Å². The third-order valence-electron chi connectivity index (χ3n) is 5.78. The van der Waals surface area contributed by atoms with Crippen LogP contribution in [-0.4, -0.2) is 85.2 Å². The van der Waals surface area contributed by atoms with Crippen molar-refractivity contribution in [2.75, 3.05) is 74.5 Å². The fourth-order valence-corrected chi connectivity index (χ4v) is 3.73. The number of amides is 2. The maximum atomic E-state index is 13.7. The molecule has 0 saturated carbocycles. The van der Waals surface area contributed by atoms with Crippen molar-refractivity contribution in [1.29, 1.82) is 0 Å². The van der Waals surface area contributed by atoms with Crippen LogP contribution in [-0.2, 0) is 0 Å². The summed E-state index contributed by atoms with van der Waals surface area (Å²) in [5.41, 5.74) is 1.03. The van der Waals surface area contributed by atoms with E-state index in [9.17, 15) is 9.18 Å². The van der Waals surface area contributed by atoms with Crippen LogP contribution >= 0.6 is 0 Å². The van der Waals surface area contributed by atoms with Crippen LogP contribution in [0.3, 0.4) is 0 Å². The Labute approximate surface area is 176 Å². The van der Waals surface area contributed by atoms with Crippen molar-refractivity contribution in [1.82, 2.24) is 19.8 Å². The Morgan fingerprint density at radius 1 is 0.933 bits per heavy atom. The molecule has 1 N–H and O–H groups in total. The topological polar surface area (TPSA) is 67.8 Å². The van der Waals surface area contributed by atoms with Gasteiger partial charge in [0.2, 0.25) is 0 Å². The van der Waals surface area contributed by atoms with Crippen molar-refractivity contribution in [2.45, 2.75) is 6.92 Å². The zero-order valence-electron chi connectivity index (χ0n) is 17.5. The van der Waals surface area contributed by atoms with Crippen molar-refractivity contribution in [3.63, 3.8) is 0 Å². The molecule has 2 fully saturated rings. The first-order valence-electron chi connectivity index (χ1n) is 10.3. The SMILES string of the molecule is Cc1ccc(NC(=O)N2CCN(c3cc(N4CCN(C)CC4)ncn3)CC2)cc1F. The molecular formula is C21H28FN7O. The molecule has 1 aromatic heterocycles. The standard InChI is InChI=1S/C21H28FN7O/c1-16-3-4-17(13-18(16)22)25-21(30)29-11-9-28(10-12-29)20-14-19(23-15-24-20)27-7-5-26(2)6-8-27/h3-4,13-15H,5-12H2,1-2H3,(H,25,30). The molecule has 30 heavy (non-hydrogen) atoms. The van der Waals surface area contributed by atoms with Crippen molar-refractivity contribution in [2.24, 2.45) is 0 Å². The average molecular weight is 414 g/mol. The number of anilines is 3. The van der Waals surface area contributed by atoms with E-state index in [-0.39, 0.29) is 11.8 Å². The first kappa shape index (κ1) is 20.3. The summed E-state index contributed by atoms with van der Waals surface area (Å²) < 4.78 is 13.7. The highest BCUT2D eigenvalue weighted by Crippen LogP contribution is 2.20. The van der Waals surface area contributed by atoms with Crippen LogP contribution in [0.5, 0.6) is 0 Å². The normalized spacial score (nSPS) is 17.9. The van der Waals surface area contributed by atoms with Gasteiger partial charge in [0.05, 0.1) is 0 Å². The lowest BCUT2D eigenvalue weighted by Crippen LogP contribution is -2.50.